The topological polar surface area (TPSA) is 165 Å². The maximum absolute atomic E-state index is 11.4. The van der Waals surface area contributed by atoms with Crippen LogP contribution in [-0.4, -0.2) is 41.9 Å². The Labute approximate surface area is 174 Å². The van der Waals surface area contributed by atoms with Crippen molar-refractivity contribution in [3.05, 3.63) is 59.7 Å². The number of halogens is 1. The van der Waals surface area contributed by atoms with E-state index in [-0.39, 0.29) is 62.7 Å². The first-order valence-corrected chi connectivity index (χ1v) is 6.79. The summed E-state index contributed by atoms with van der Waals surface area (Å²) >= 11 is 0. The van der Waals surface area contributed by atoms with Crippen LogP contribution in [0.4, 0.5) is 0 Å². The van der Waals surface area contributed by atoms with Crippen LogP contribution < -0.4 is 22.6 Å². The number of nitrogens with zero attached hydrogens (tertiary/aromatic N) is 2. The zero-order valence-corrected chi connectivity index (χ0v) is 16.7. The van der Waals surface area contributed by atoms with Crippen LogP contribution in [0.15, 0.2) is 58.5 Å². The first-order chi connectivity index (χ1) is 10.3. The second kappa shape index (κ2) is 18.1. The van der Waals surface area contributed by atoms with Gasteiger partial charge in [-0.05, 0) is 17.5 Å². The van der Waals surface area contributed by atoms with Crippen LogP contribution in [-0.2, 0) is 22.4 Å². The zero-order valence-electron chi connectivity index (χ0n) is 13.8. The van der Waals surface area contributed by atoms with Crippen LogP contribution in [0.25, 0.3) is 0 Å². The first-order valence-electron chi connectivity index (χ1n) is 6.79. The Morgan fingerprint density at radius 2 is 1.04 bits per heavy atom. The second-order valence-corrected chi connectivity index (χ2v) is 4.50. The number of aliphatic imine (C=N–C) groups is 2. The van der Waals surface area contributed by atoms with E-state index in [0.29, 0.717) is 24.2 Å². The van der Waals surface area contributed by atoms with Gasteiger partial charge in [-0.2, -0.15) is 0 Å². The third-order valence-corrected chi connectivity index (χ3v) is 2.87. The van der Waals surface area contributed by atoms with E-state index < -0.39 is 0 Å². The van der Waals surface area contributed by atoms with Crippen molar-refractivity contribution in [3.8, 4) is 11.5 Å². The molecule has 0 unspecified atom stereocenters. The quantitative estimate of drug-likeness (QED) is 0.200. The third kappa shape index (κ3) is 11.0. The summed E-state index contributed by atoms with van der Waals surface area (Å²) in [5, 5.41) is 22.9. The number of rotatable bonds is 6. The van der Waals surface area contributed by atoms with Crippen LogP contribution in [0.5, 0.6) is 11.5 Å². The molecule has 2 rings (SSSR count). The minimum Gasteiger partial charge on any atom is -1.00 e. The minimum atomic E-state index is -0.0219. The van der Waals surface area contributed by atoms with Gasteiger partial charge in [-0.15, -0.1) is 11.5 Å². The number of hydrogen-bond donors (Lipinski definition) is 0. The monoisotopic (exact) mass is 566 g/mol. The van der Waals surface area contributed by atoms with E-state index in [1.54, 1.807) is 36.7 Å². The fourth-order valence-electron chi connectivity index (χ4n) is 1.75. The van der Waals surface area contributed by atoms with Gasteiger partial charge in [0.2, 0.25) is 0 Å². The predicted octanol–water partition coefficient (Wildman–Crippen LogP) is -3.71. The molecular formula is C17H22AuClN2O5. The predicted molar refractivity (Wildman–Crippen MR) is 92.2 cm³/mol. The van der Waals surface area contributed by atoms with E-state index in [1.165, 1.54) is 12.1 Å². The minimum absolute atomic E-state index is 0. The molecule has 2 aromatic rings. The molecule has 7 nitrogen and oxygen atoms in total. The fourth-order valence-corrected chi connectivity index (χ4v) is 1.75. The maximum Gasteiger partial charge on any atom is 3.00 e. The van der Waals surface area contributed by atoms with Crippen molar-refractivity contribution in [2.24, 2.45) is 9.98 Å². The molecule has 26 heavy (non-hydrogen) atoms. The summed E-state index contributed by atoms with van der Waals surface area (Å²) in [6.45, 7) is 1.20. The van der Waals surface area contributed by atoms with Crippen molar-refractivity contribution in [3.63, 3.8) is 0 Å². The number of para-hydroxylation sites is 2. The van der Waals surface area contributed by atoms with Crippen LogP contribution >= 0.6 is 0 Å². The Kier molecular flexibility index (Phi) is 22.3. The van der Waals surface area contributed by atoms with E-state index in [2.05, 4.69) is 9.98 Å². The second-order valence-electron chi connectivity index (χ2n) is 4.50. The van der Waals surface area contributed by atoms with Crippen molar-refractivity contribution in [2.75, 3.05) is 13.1 Å². The van der Waals surface area contributed by atoms with Crippen molar-refractivity contribution >= 4 is 12.4 Å². The SMILES string of the molecule is O.O.O.[Au+3].[Cl-].[O-]c1ccccc1C=NCCCN=Cc1ccccc1[O-]. The summed E-state index contributed by atoms with van der Waals surface area (Å²) in [4.78, 5) is 8.41. The van der Waals surface area contributed by atoms with Crippen molar-refractivity contribution in [1.82, 2.24) is 0 Å². The molecule has 6 N–H and O–H groups in total. The molecule has 2 aromatic carbocycles. The largest absolute Gasteiger partial charge is 3.00 e. The van der Waals surface area contributed by atoms with Crippen molar-refractivity contribution in [1.29, 1.82) is 0 Å². The Hall–Kier alpha value is -1.71. The molecule has 0 saturated carbocycles. The zero-order chi connectivity index (χ0) is 14.9. The molecule has 9 heteroatoms. The van der Waals surface area contributed by atoms with E-state index in [9.17, 15) is 10.2 Å². The molecule has 0 fully saturated rings. The fraction of sp³-hybridized carbons (Fsp3) is 0.176. The molecular weight excluding hydrogens is 545 g/mol. The molecule has 0 spiro atoms. The van der Waals surface area contributed by atoms with Crippen LogP contribution in [0.1, 0.15) is 17.5 Å². The van der Waals surface area contributed by atoms with Gasteiger partial charge >= 0.3 is 22.4 Å². The molecule has 0 aliphatic heterocycles. The average Bonchev–Trinajstić information content (AvgIpc) is 2.50. The molecule has 0 aromatic heterocycles. The van der Waals surface area contributed by atoms with E-state index >= 15 is 0 Å². The number of hydrogen-bond acceptors (Lipinski definition) is 4. The molecule has 0 atom stereocenters. The van der Waals surface area contributed by atoms with Gasteiger partial charge in [0.15, 0.2) is 0 Å². The van der Waals surface area contributed by atoms with Gasteiger partial charge in [-0.1, -0.05) is 48.5 Å². The van der Waals surface area contributed by atoms with E-state index in [1.807, 2.05) is 12.1 Å². The maximum atomic E-state index is 11.4. The molecule has 0 saturated heterocycles. The Balaban J connectivity index is -0.000000484. The van der Waals surface area contributed by atoms with Crippen LogP contribution in [0, 0.1) is 0 Å². The van der Waals surface area contributed by atoms with Gasteiger partial charge in [0, 0.05) is 25.5 Å². The summed E-state index contributed by atoms with van der Waals surface area (Å²) in [6, 6.07) is 13.6. The summed E-state index contributed by atoms with van der Waals surface area (Å²) in [5.41, 5.74) is 1.20. The first kappa shape index (κ1) is 32.0. The molecule has 0 heterocycles. The molecule has 0 aliphatic rings. The molecule has 0 amide bonds. The van der Waals surface area contributed by atoms with Crippen molar-refractivity contribution in [2.45, 2.75) is 6.42 Å². The van der Waals surface area contributed by atoms with Gasteiger partial charge in [0.25, 0.3) is 0 Å². The van der Waals surface area contributed by atoms with E-state index in [4.69, 9.17) is 0 Å². The molecule has 0 aliphatic carbocycles. The normalized spacial score (nSPS) is 9.23. The summed E-state index contributed by atoms with van der Waals surface area (Å²) in [6.07, 6.45) is 3.97. The smallest absolute Gasteiger partial charge is 1.00 e. The van der Waals surface area contributed by atoms with Gasteiger partial charge in [-0.25, -0.2) is 0 Å². The Morgan fingerprint density at radius 1 is 0.692 bits per heavy atom. The molecule has 0 radical (unpaired) electrons. The average molecular weight is 567 g/mol. The van der Waals surface area contributed by atoms with Gasteiger partial charge in [0.05, 0.1) is 0 Å². The van der Waals surface area contributed by atoms with Gasteiger partial charge < -0.3 is 39.0 Å². The van der Waals surface area contributed by atoms with Gasteiger partial charge in [-0.3, -0.25) is 9.98 Å². The Bertz CT molecular complexity index is 601. The van der Waals surface area contributed by atoms with Crippen LogP contribution in [0.3, 0.4) is 0 Å². The summed E-state index contributed by atoms with van der Waals surface area (Å²) in [5.74, 6) is -0.0438. The standard InChI is InChI=1S/C17H18N2O2.Au.ClH.3H2O/c20-16-8-3-1-6-14(16)12-18-10-5-11-19-13-15-7-2-4-9-17(15)21;;;;;/h1-4,6-9,12-13,20-21H,5,10-11H2;;1H;3*1H2/q;+3;;;;/p-3. The summed E-state index contributed by atoms with van der Waals surface area (Å²) < 4.78 is 0. The number of benzene rings is 2. The van der Waals surface area contributed by atoms with E-state index in [0.717, 1.165) is 6.42 Å². The third-order valence-electron chi connectivity index (χ3n) is 2.87. The Morgan fingerprint density at radius 3 is 1.38 bits per heavy atom. The van der Waals surface area contributed by atoms with Crippen molar-refractivity contribution < 1.29 is 61.4 Å². The summed E-state index contributed by atoms with van der Waals surface area (Å²) in [7, 11) is 0. The molecule has 148 valence electrons. The van der Waals surface area contributed by atoms with Crippen LogP contribution in [0.2, 0.25) is 0 Å². The molecule has 0 bridgehead atoms. The van der Waals surface area contributed by atoms with Gasteiger partial charge in [0.1, 0.15) is 0 Å².